The number of aliphatic hydroxyl groups excluding tert-OH is 1. The molecule has 0 aliphatic carbocycles. The van der Waals surface area contributed by atoms with E-state index in [0.717, 1.165) is 0 Å². The van der Waals surface area contributed by atoms with Crippen LogP contribution in [0.25, 0.3) is 0 Å². The molecule has 0 bridgehead atoms. The van der Waals surface area contributed by atoms with Gasteiger partial charge in [0.2, 0.25) is 17.7 Å². The molecule has 7 N–H and O–H groups in total. The van der Waals surface area contributed by atoms with Gasteiger partial charge in [0.1, 0.15) is 29.9 Å². The number of aromatic hydroxyl groups is 1. The number of hydrogen-bond acceptors (Lipinski definition) is 7. The van der Waals surface area contributed by atoms with Crippen molar-refractivity contribution in [1.29, 1.82) is 0 Å². The van der Waals surface area contributed by atoms with E-state index in [4.69, 9.17) is 5.73 Å². The minimum absolute atomic E-state index is 0.0118. The molecule has 1 aromatic carbocycles. The molecule has 1 aliphatic heterocycles. The first-order valence-corrected chi connectivity index (χ1v) is 11.8. The molecule has 1 aromatic rings. The molecule has 1 saturated heterocycles. The number of nitrogens with two attached hydrogens (primary N) is 1. The average Bonchev–Trinajstić information content (AvgIpc) is 3.28. The lowest BCUT2D eigenvalue weighted by Gasteiger charge is -2.29. The third kappa shape index (κ3) is 7.93. The molecule has 11 nitrogen and oxygen atoms in total. The van der Waals surface area contributed by atoms with Crippen molar-refractivity contribution in [1.82, 2.24) is 15.5 Å². The van der Waals surface area contributed by atoms with Gasteiger partial charge in [0.05, 0.1) is 6.10 Å². The fourth-order valence-electron chi connectivity index (χ4n) is 4.01. The Labute approximate surface area is 204 Å². The number of phenols is 1. The highest BCUT2D eigenvalue weighted by Crippen LogP contribution is 2.20. The van der Waals surface area contributed by atoms with Crippen LogP contribution in [0.2, 0.25) is 0 Å². The number of carbonyl (C=O) groups excluding carboxylic acids is 3. The maximum atomic E-state index is 13.2. The van der Waals surface area contributed by atoms with Crippen LogP contribution >= 0.6 is 0 Å². The van der Waals surface area contributed by atoms with Crippen LogP contribution in [-0.2, 0) is 25.6 Å². The SMILES string of the molecule is CC(C)CC(NC(=O)C(Cc1ccc(O)cc1)NC(=O)C1CCCN1C(=O)C(N)C(C)O)C(=O)O. The van der Waals surface area contributed by atoms with Crippen molar-refractivity contribution in [3.63, 3.8) is 0 Å². The van der Waals surface area contributed by atoms with E-state index in [-0.39, 0.29) is 24.5 Å². The Hall–Kier alpha value is -3.18. The third-order valence-corrected chi connectivity index (χ3v) is 5.97. The van der Waals surface area contributed by atoms with E-state index in [2.05, 4.69) is 10.6 Å². The predicted molar refractivity (Wildman–Crippen MR) is 127 cm³/mol. The zero-order valence-electron chi connectivity index (χ0n) is 20.3. The van der Waals surface area contributed by atoms with Gasteiger partial charge in [-0.1, -0.05) is 26.0 Å². The molecule has 11 heteroatoms. The predicted octanol–water partition coefficient (Wildman–Crippen LogP) is -0.266. The van der Waals surface area contributed by atoms with Crippen LogP contribution in [-0.4, -0.2) is 80.7 Å². The molecule has 1 fully saturated rings. The van der Waals surface area contributed by atoms with Gasteiger partial charge in [-0.15, -0.1) is 0 Å². The van der Waals surface area contributed by atoms with E-state index in [0.29, 0.717) is 24.9 Å². The first-order valence-electron chi connectivity index (χ1n) is 11.8. The van der Waals surface area contributed by atoms with Crippen LogP contribution in [0, 0.1) is 5.92 Å². The van der Waals surface area contributed by atoms with E-state index < -0.39 is 54.0 Å². The highest BCUT2D eigenvalue weighted by Gasteiger charge is 2.38. The number of carboxylic acid groups (broad SMARTS) is 1. The van der Waals surface area contributed by atoms with Gasteiger partial charge in [0.25, 0.3) is 0 Å². The zero-order chi connectivity index (χ0) is 26.3. The highest BCUT2D eigenvalue weighted by molar-refractivity contribution is 5.94. The van der Waals surface area contributed by atoms with Gasteiger partial charge >= 0.3 is 5.97 Å². The Morgan fingerprint density at radius 2 is 1.71 bits per heavy atom. The standard InChI is InChI=1S/C24H36N4O7/c1-13(2)11-18(24(34)35)27-21(31)17(12-15-6-8-16(30)9-7-15)26-22(32)19-5-4-10-28(19)23(33)20(25)14(3)29/h6-9,13-14,17-20,29-30H,4-5,10-12,25H2,1-3H3,(H,26,32)(H,27,31)(H,34,35). The Morgan fingerprint density at radius 1 is 1.09 bits per heavy atom. The molecule has 0 aromatic heterocycles. The zero-order valence-corrected chi connectivity index (χ0v) is 20.3. The summed E-state index contributed by atoms with van der Waals surface area (Å²) in [7, 11) is 0. The molecule has 2 rings (SSSR count). The molecule has 194 valence electrons. The second kappa shape index (κ2) is 12.5. The van der Waals surface area contributed by atoms with Gasteiger partial charge in [-0.25, -0.2) is 4.79 Å². The van der Waals surface area contributed by atoms with Crippen molar-refractivity contribution in [2.24, 2.45) is 11.7 Å². The van der Waals surface area contributed by atoms with Crippen LogP contribution in [0.1, 0.15) is 45.6 Å². The third-order valence-electron chi connectivity index (χ3n) is 5.97. The molecule has 1 heterocycles. The topological polar surface area (TPSA) is 182 Å². The summed E-state index contributed by atoms with van der Waals surface area (Å²) in [5, 5.41) is 33.9. The number of nitrogens with zero attached hydrogens (tertiary/aromatic N) is 1. The summed E-state index contributed by atoms with van der Waals surface area (Å²) in [4.78, 5) is 51.9. The van der Waals surface area contributed by atoms with Gasteiger partial charge in [-0.2, -0.15) is 0 Å². The number of carbonyl (C=O) groups is 4. The fraction of sp³-hybridized carbons (Fsp3) is 0.583. The summed E-state index contributed by atoms with van der Waals surface area (Å²) in [5.41, 5.74) is 6.41. The lowest BCUT2D eigenvalue weighted by molar-refractivity contribution is -0.143. The Balaban J connectivity index is 2.22. The number of rotatable bonds is 11. The number of aliphatic hydroxyl groups is 1. The van der Waals surface area contributed by atoms with Crippen LogP contribution in [0.5, 0.6) is 5.75 Å². The molecule has 0 radical (unpaired) electrons. The van der Waals surface area contributed by atoms with E-state index in [1.165, 1.54) is 24.0 Å². The first-order chi connectivity index (χ1) is 16.4. The maximum absolute atomic E-state index is 13.2. The fourth-order valence-corrected chi connectivity index (χ4v) is 4.01. The van der Waals surface area contributed by atoms with Crippen molar-refractivity contribution in [2.75, 3.05) is 6.54 Å². The van der Waals surface area contributed by atoms with Crippen molar-refractivity contribution in [3.05, 3.63) is 29.8 Å². The second-order valence-corrected chi connectivity index (χ2v) is 9.42. The normalized spacial score (nSPS) is 19.0. The van der Waals surface area contributed by atoms with Gasteiger partial charge in [0.15, 0.2) is 0 Å². The number of benzene rings is 1. The summed E-state index contributed by atoms with van der Waals surface area (Å²) in [6.45, 7) is 5.35. The lowest BCUT2D eigenvalue weighted by atomic mass is 10.0. The van der Waals surface area contributed by atoms with Crippen LogP contribution in [0.3, 0.4) is 0 Å². The average molecular weight is 493 g/mol. The number of nitrogens with one attached hydrogen (secondary N) is 2. The Bertz CT molecular complexity index is 904. The maximum Gasteiger partial charge on any atom is 0.326 e. The van der Waals surface area contributed by atoms with E-state index in [1.54, 1.807) is 12.1 Å². The lowest BCUT2D eigenvalue weighted by Crippen LogP contribution is -2.58. The summed E-state index contributed by atoms with van der Waals surface area (Å²) in [6, 6.07) is 1.79. The molecule has 0 spiro atoms. The van der Waals surface area contributed by atoms with E-state index >= 15 is 0 Å². The van der Waals surface area contributed by atoms with E-state index in [1.807, 2.05) is 13.8 Å². The Kier molecular flexibility index (Phi) is 10.0. The van der Waals surface area contributed by atoms with Crippen LogP contribution in [0.15, 0.2) is 24.3 Å². The number of aliphatic carboxylic acids is 1. The minimum Gasteiger partial charge on any atom is -0.508 e. The summed E-state index contributed by atoms with van der Waals surface area (Å²) in [5.74, 6) is -2.92. The van der Waals surface area contributed by atoms with E-state index in [9.17, 15) is 34.5 Å². The summed E-state index contributed by atoms with van der Waals surface area (Å²) >= 11 is 0. The van der Waals surface area contributed by atoms with Crippen molar-refractivity contribution in [3.8, 4) is 5.75 Å². The molecule has 1 aliphatic rings. The smallest absolute Gasteiger partial charge is 0.326 e. The van der Waals surface area contributed by atoms with Crippen LogP contribution < -0.4 is 16.4 Å². The number of hydrogen-bond donors (Lipinski definition) is 6. The van der Waals surface area contributed by atoms with Crippen molar-refractivity contribution < 1.29 is 34.5 Å². The monoisotopic (exact) mass is 492 g/mol. The molecular formula is C24H36N4O7. The molecule has 0 saturated carbocycles. The van der Waals surface area contributed by atoms with Gasteiger partial charge < -0.3 is 36.6 Å². The number of amides is 3. The highest BCUT2D eigenvalue weighted by atomic mass is 16.4. The largest absolute Gasteiger partial charge is 0.508 e. The molecule has 3 amide bonds. The van der Waals surface area contributed by atoms with Gasteiger partial charge in [-0.3, -0.25) is 14.4 Å². The number of phenolic OH excluding ortho intramolecular Hbond substituents is 1. The molecule has 5 unspecified atom stereocenters. The van der Waals surface area contributed by atoms with Crippen molar-refractivity contribution in [2.45, 2.75) is 76.7 Å². The summed E-state index contributed by atoms with van der Waals surface area (Å²) in [6.07, 6.45) is 0.0837. The molecular weight excluding hydrogens is 456 g/mol. The molecule has 5 atom stereocenters. The van der Waals surface area contributed by atoms with Gasteiger partial charge in [0, 0.05) is 13.0 Å². The van der Waals surface area contributed by atoms with Gasteiger partial charge in [-0.05, 0) is 49.8 Å². The molecule has 35 heavy (non-hydrogen) atoms. The quantitative estimate of drug-likeness (QED) is 0.244. The summed E-state index contributed by atoms with van der Waals surface area (Å²) < 4.78 is 0. The second-order valence-electron chi connectivity index (χ2n) is 9.42. The van der Waals surface area contributed by atoms with Crippen LogP contribution in [0.4, 0.5) is 0 Å². The first kappa shape index (κ1) is 28.1. The Morgan fingerprint density at radius 3 is 2.26 bits per heavy atom. The minimum atomic E-state index is -1.18. The number of likely N-dealkylation sites (tertiary alicyclic amines) is 1. The number of carboxylic acids is 1. The van der Waals surface area contributed by atoms with Crippen molar-refractivity contribution >= 4 is 23.7 Å².